The third kappa shape index (κ3) is 2.90. The molecule has 6 heteroatoms. The number of carbonyl (C=O) groups excluding carboxylic acids is 2. The Morgan fingerprint density at radius 1 is 1.35 bits per heavy atom. The monoisotopic (exact) mass is 413 g/mol. The van der Waals surface area contributed by atoms with Crippen molar-refractivity contribution in [3.63, 3.8) is 0 Å². The van der Waals surface area contributed by atoms with Crippen LogP contribution in [0.25, 0.3) is 0 Å². The van der Waals surface area contributed by atoms with E-state index in [2.05, 4.69) is 21.9 Å². The molecule has 2 aromatic rings. The summed E-state index contributed by atoms with van der Waals surface area (Å²) in [5.41, 5.74) is -0.807. The second-order valence-electron chi connectivity index (χ2n) is 5.92. The van der Waals surface area contributed by atoms with Crippen LogP contribution < -0.4 is 9.64 Å². The Labute approximate surface area is 159 Å². The number of halogens is 1. The number of fused-ring (bicyclic) bond motifs is 1. The number of nitrogens with zero attached hydrogens (tertiary/aromatic N) is 1. The molecule has 26 heavy (non-hydrogen) atoms. The average Bonchev–Trinajstić information content (AvgIpc) is 2.83. The van der Waals surface area contributed by atoms with Crippen molar-refractivity contribution < 1.29 is 19.4 Å². The molecule has 1 atom stereocenters. The molecule has 1 amide bonds. The van der Waals surface area contributed by atoms with Gasteiger partial charge >= 0.3 is 0 Å². The molecule has 5 nitrogen and oxygen atoms in total. The summed E-state index contributed by atoms with van der Waals surface area (Å²) in [6.45, 7) is 0.0125. The molecule has 0 aromatic heterocycles. The van der Waals surface area contributed by atoms with E-state index in [9.17, 15) is 14.7 Å². The smallest absolute Gasteiger partial charge is 0.265 e. The van der Waals surface area contributed by atoms with E-state index >= 15 is 0 Å². The fourth-order valence-corrected chi connectivity index (χ4v) is 3.51. The molecular weight excluding hydrogens is 398 g/mol. The van der Waals surface area contributed by atoms with Crippen molar-refractivity contribution >= 4 is 33.3 Å². The van der Waals surface area contributed by atoms with Crippen molar-refractivity contribution in [3.05, 3.63) is 58.1 Å². The van der Waals surface area contributed by atoms with E-state index in [1.165, 1.54) is 12.0 Å². The highest BCUT2D eigenvalue weighted by molar-refractivity contribution is 9.10. The van der Waals surface area contributed by atoms with E-state index in [1.54, 1.807) is 42.5 Å². The number of ether oxygens (including phenoxy) is 1. The molecule has 3 rings (SSSR count). The first-order valence-corrected chi connectivity index (χ1v) is 8.65. The number of rotatable bonds is 5. The molecule has 0 aliphatic carbocycles. The number of benzene rings is 2. The van der Waals surface area contributed by atoms with E-state index in [1.807, 2.05) is 0 Å². The zero-order valence-electron chi connectivity index (χ0n) is 14.0. The predicted molar refractivity (Wildman–Crippen MR) is 101 cm³/mol. The number of hydrogen-bond acceptors (Lipinski definition) is 4. The Hall–Kier alpha value is -2.62. The third-order valence-electron chi connectivity index (χ3n) is 4.37. The van der Waals surface area contributed by atoms with Crippen LogP contribution in [0.15, 0.2) is 46.9 Å². The summed E-state index contributed by atoms with van der Waals surface area (Å²) in [7, 11) is 1.46. The van der Waals surface area contributed by atoms with Crippen LogP contribution in [0.3, 0.4) is 0 Å². The van der Waals surface area contributed by atoms with Crippen LogP contribution >= 0.6 is 15.9 Å². The minimum atomic E-state index is -1.98. The van der Waals surface area contributed by atoms with Crippen molar-refractivity contribution in [2.24, 2.45) is 0 Å². The van der Waals surface area contributed by atoms with Gasteiger partial charge < -0.3 is 9.84 Å². The van der Waals surface area contributed by atoms with Gasteiger partial charge in [-0.15, -0.1) is 6.42 Å². The predicted octanol–water partition coefficient (Wildman–Crippen LogP) is 2.90. The Kier molecular flexibility index (Phi) is 4.86. The van der Waals surface area contributed by atoms with E-state index in [4.69, 9.17) is 11.2 Å². The standard InChI is InChI=1S/C20H16BrNO4/c1-3-10-22-16-9-8-13(21)11-15(16)20(25,19(22)24)12-17(23)14-6-4-5-7-18(14)26-2/h1,4-9,11,25H,10,12H2,2H3/t20-/m0/s1. The Morgan fingerprint density at radius 2 is 2.08 bits per heavy atom. The molecule has 1 heterocycles. The number of Topliss-reactive ketones (excluding diaryl/α,β-unsaturated/α-hetero) is 1. The van der Waals surface area contributed by atoms with Crippen LogP contribution in [0, 0.1) is 12.3 Å². The quantitative estimate of drug-likeness (QED) is 0.604. The van der Waals surface area contributed by atoms with Gasteiger partial charge in [0.1, 0.15) is 5.75 Å². The normalized spacial score (nSPS) is 18.4. The minimum absolute atomic E-state index is 0.0125. The zero-order valence-corrected chi connectivity index (χ0v) is 15.6. The molecule has 0 fully saturated rings. The lowest BCUT2D eigenvalue weighted by molar-refractivity contribution is -0.135. The average molecular weight is 414 g/mol. The molecule has 0 spiro atoms. The largest absolute Gasteiger partial charge is 0.496 e. The number of aliphatic hydroxyl groups is 1. The van der Waals surface area contributed by atoms with E-state index in [-0.39, 0.29) is 6.54 Å². The van der Waals surface area contributed by atoms with Crippen molar-refractivity contribution in [3.8, 4) is 18.1 Å². The van der Waals surface area contributed by atoms with Gasteiger partial charge in [-0.3, -0.25) is 14.5 Å². The summed E-state index contributed by atoms with van der Waals surface area (Å²) >= 11 is 3.34. The SMILES string of the molecule is C#CCN1C(=O)[C@](O)(CC(=O)c2ccccc2OC)c2cc(Br)ccc21. The van der Waals surface area contributed by atoms with E-state index in [0.29, 0.717) is 27.0 Å². The topological polar surface area (TPSA) is 66.8 Å². The van der Waals surface area contributed by atoms with Gasteiger partial charge in [-0.2, -0.15) is 0 Å². The fraction of sp³-hybridized carbons (Fsp3) is 0.200. The molecule has 132 valence electrons. The maximum Gasteiger partial charge on any atom is 0.265 e. The van der Waals surface area contributed by atoms with Crippen LogP contribution in [0.2, 0.25) is 0 Å². The molecule has 0 unspecified atom stereocenters. The van der Waals surface area contributed by atoms with Crippen molar-refractivity contribution in [1.29, 1.82) is 0 Å². The highest BCUT2D eigenvalue weighted by atomic mass is 79.9. The van der Waals surface area contributed by atoms with Crippen molar-refractivity contribution in [1.82, 2.24) is 0 Å². The van der Waals surface area contributed by atoms with Crippen molar-refractivity contribution in [2.75, 3.05) is 18.6 Å². The number of para-hydroxylation sites is 1. The zero-order chi connectivity index (χ0) is 18.9. The molecule has 0 saturated heterocycles. The number of carbonyl (C=O) groups is 2. The summed E-state index contributed by atoms with van der Waals surface area (Å²) < 4.78 is 5.90. The van der Waals surface area contributed by atoms with Crippen LogP contribution in [0.5, 0.6) is 5.75 Å². The van der Waals surface area contributed by atoms with Crippen LogP contribution in [0.4, 0.5) is 5.69 Å². The summed E-state index contributed by atoms with van der Waals surface area (Å²) in [6, 6.07) is 11.8. The minimum Gasteiger partial charge on any atom is -0.496 e. The molecule has 2 aromatic carbocycles. The highest BCUT2D eigenvalue weighted by Gasteiger charge is 2.51. The third-order valence-corrected chi connectivity index (χ3v) is 4.86. The van der Waals surface area contributed by atoms with Crippen LogP contribution in [-0.4, -0.2) is 30.5 Å². The van der Waals surface area contributed by atoms with Gasteiger partial charge in [-0.1, -0.05) is 34.0 Å². The number of hydrogen-bond donors (Lipinski definition) is 1. The molecule has 0 radical (unpaired) electrons. The van der Waals surface area contributed by atoms with E-state index in [0.717, 1.165) is 0 Å². The first kappa shape index (κ1) is 18.2. The second kappa shape index (κ2) is 6.94. The Morgan fingerprint density at radius 3 is 2.77 bits per heavy atom. The molecule has 1 N–H and O–H groups in total. The first-order valence-electron chi connectivity index (χ1n) is 7.86. The number of terminal acetylenes is 1. The van der Waals surface area contributed by atoms with Gasteiger partial charge in [0.05, 0.1) is 31.3 Å². The van der Waals surface area contributed by atoms with Gasteiger partial charge in [0.25, 0.3) is 5.91 Å². The lowest BCUT2D eigenvalue weighted by atomic mass is 9.88. The maximum atomic E-state index is 12.9. The van der Waals surface area contributed by atoms with Gasteiger partial charge in [-0.25, -0.2) is 0 Å². The Bertz CT molecular complexity index is 934. The number of methoxy groups -OCH3 is 1. The summed E-state index contributed by atoms with van der Waals surface area (Å²) in [4.78, 5) is 27.0. The lowest BCUT2D eigenvalue weighted by Crippen LogP contribution is -2.42. The van der Waals surface area contributed by atoms with Gasteiger partial charge in [-0.05, 0) is 30.3 Å². The van der Waals surface area contributed by atoms with Gasteiger partial charge in [0.2, 0.25) is 0 Å². The first-order chi connectivity index (χ1) is 12.4. The number of amides is 1. The van der Waals surface area contributed by atoms with Crippen LogP contribution in [-0.2, 0) is 10.4 Å². The fourth-order valence-electron chi connectivity index (χ4n) is 3.14. The Balaban J connectivity index is 2.04. The molecule has 0 saturated carbocycles. The number of anilines is 1. The molecule has 1 aliphatic heterocycles. The highest BCUT2D eigenvalue weighted by Crippen LogP contribution is 2.44. The molecule has 1 aliphatic rings. The molecular formula is C20H16BrNO4. The lowest BCUT2D eigenvalue weighted by Gasteiger charge is -2.22. The van der Waals surface area contributed by atoms with Gasteiger partial charge in [0.15, 0.2) is 11.4 Å². The second-order valence-corrected chi connectivity index (χ2v) is 6.83. The van der Waals surface area contributed by atoms with Gasteiger partial charge in [0, 0.05) is 10.0 Å². The summed E-state index contributed by atoms with van der Waals surface area (Å²) in [5.74, 6) is 1.80. The summed E-state index contributed by atoms with van der Waals surface area (Å²) in [6.07, 6.45) is 4.95. The van der Waals surface area contributed by atoms with E-state index < -0.39 is 23.7 Å². The van der Waals surface area contributed by atoms with Crippen molar-refractivity contribution in [2.45, 2.75) is 12.0 Å². The summed E-state index contributed by atoms with van der Waals surface area (Å²) in [5, 5.41) is 11.2. The number of ketones is 1. The maximum absolute atomic E-state index is 12.9. The van der Waals surface area contributed by atoms with Crippen LogP contribution in [0.1, 0.15) is 22.3 Å². The molecule has 0 bridgehead atoms.